The predicted octanol–water partition coefficient (Wildman–Crippen LogP) is 3.85. The Labute approximate surface area is 202 Å². The first kappa shape index (κ1) is 22.4. The Kier molecular flexibility index (Phi) is 6.00. The number of amides is 2. The van der Waals surface area contributed by atoms with Crippen LogP contribution in [0.3, 0.4) is 0 Å². The van der Waals surface area contributed by atoms with Crippen molar-refractivity contribution in [3.05, 3.63) is 77.0 Å². The van der Waals surface area contributed by atoms with Crippen LogP contribution in [0.15, 0.2) is 60.3 Å². The number of hydrogen-bond acceptors (Lipinski definition) is 5. The number of nitrogens with one attached hydrogen (secondary N) is 1. The Bertz CT molecular complexity index is 1290. The summed E-state index contributed by atoms with van der Waals surface area (Å²) in [5, 5.41) is 2.49. The van der Waals surface area contributed by atoms with E-state index < -0.39 is 11.7 Å². The van der Waals surface area contributed by atoms with Crippen LogP contribution in [0.25, 0.3) is 11.0 Å². The monoisotopic (exact) mass is 474 g/mol. The van der Waals surface area contributed by atoms with Gasteiger partial charge in [-0.15, -0.1) is 11.8 Å². The molecule has 7 nitrogen and oxygen atoms in total. The summed E-state index contributed by atoms with van der Waals surface area (Å²) in [5.41, 5.74) is 3.31. The zero-order chi connectivity index (χ0) is 23.8. The minimum atomic E-state index is -0.574. The van der Waals surface area contributed by atoms with Crippen LogP contribution in [0, 0.1) is 0 Å². The Hall–Kier alpha value is -3.39. The molecule has 8 heteroatoms. The highest BCUT2D eigenvalue weighted by molar-refractivity contribution is 8.03. The molecule has 34 heavy (non-hydrogen) atoms. The van der Waals surface area contributed by atoms with E-state index >= 15 is 0 Å². The highest BCUT2D eigenvalue weighted by atomic mass is 32.2. The lowest BCUT2D eigenvalue weighted by molar-refractivity contribution is -0.130. The summed E-state index contributed by atoms with van der Waals surface area (Å²) in [4.78, 5) is 50.2. The third-order valence-electron chi connectivity index (χ3n) is 6.68. The molecule has 4 heterocycles. The van der Waals surface area contributed by atoms with E-state index in [-0.39, 0.29) is 17.9 Å². The number of H-pyrrole nitrogens is 1. The predicted molar refractivity (Wildman–Crippen MR) is 133 cm³/mol. The van der Waals surface area contributed by atoms with E-state index in [2.05, 4.69) is 28.4 Å². The van der Waals surface area contributed by atoms with Gasteiger partial charge in [0.15, 0.2) is 0 Å². The molecule has 2 unspecified atom stereocenters. The van der Waals surface area contributed by atoms with Gasteiger partial charge in [-0.05, 0) is 36.1 Å². The zero-order valence-electron chi connectivity index (χ0n) is 19.1. The summed E-state index contributed by atoms with van der Waals surface area (Å²) in [7, 11) is 0. The number of thioether (sulfide) groups is 1. The number of carbonyl (C=O) groups is 3. The molecule has 0 radical (unpaired) electrons. The number of allylic oxidation sites excluding steroid dienone is 1. The zero-order valence-corrected chi connectivity index (χ0v) is 19.9. The van der Waals surface area contributed by atoms with E-state index in [1.165, 1.54) is 0 Å². The number of nitrogens with zero attached hydrogens (tertiary/aromatic N) is 3. The van der Waals surface area contributed by atoms with Crippen molar-refractivity contribution >= 4 is 40.4 Å². The molecule has 174 valence electrons. The molecule has 0 spiro atoms. The number of benzene rings is 1. The number of pyridine rings is 1. The van der Waals surface area contributed by atoms with E-state index in [9.17, 15) is 14.4 Å². The minimum Gasteiger partial charge on any atom is -0.359 e. The van der Waals surface area contributed by atoms with Crippen LogP contribution < -0.4 is 0 Å². The maximum atomic E-state index is 13.2. The Morgan fingerprint density at radius 2 is 1.88 bits per heavy atom. The first-order valence-electron chi connectivity index (χ1n) is 11.4. The van der Waals surface area contributed by atoms with Gasteiger partial charge in [0.05, 0.1) is 16.6 Å². The fourth-order valence-corrected chi connectivity index (χ4v) is 5.71. The highest BCUT2D eigenvalue weighted by Gasteiger charge is 2.35. The summed E-state index contributed by atoms with van der Waals surface area (Å²) in [6.45, 7) is 5.12. The molecule has 2 aliphatic rings. The Morgan fingerprint density at radius 3 is 2.59 bits per heavy atom. The average molecular weight is 475 g/mol. The van der Waals surface area contributed by atoms with Crippen molar-refractivity contribution in [2.45, 2.75) is 31.1 Å². The lowest BCUT2D eigenvalue weighted by atomic mass is 9.95. The van der Waals surface area contributed by atoms with E-state index in [4.69, 9.17) is 0 Å². The summed E-state index contributed by atoms with van der Waals surface area (Å²) in [6, 6.07) is 10.8. The Balaban J connectivity index is 1.33. The van der Waals surface area contributed by atoms with E-state index in [0.29, 0.717) is 41.5 Å². The fraction of sp³-hybridized carbons (Fsp3) is 0.308. The topological polar surface area (TPSA) is 86.4 Å². The van der Waals surface area contributed by atoms with Gasteiger partial charge in [-0.25, -0.2) is 0 Å². The third kappa shape index (κ3) is 3.92. The van der Waals surface area contributed by atoms with Crippen LogP contribution in [-0.4, -0.2) is 68.3 Å². The summed E-state index contributed by atoms with van der Waals surface area (Å²) >= 11 is 1.78. The van der Waals surface area contributed by atoms with Crippen LogP contribution in [0.1, 0.15) is 46.0 Å². The largest absolute Gasteiger partial charge is 0.359 e. The second-order valence-corrected chi connectivity index (χ2v) is 10.1. The molecule has 3 atom stereocenters. The SMILES string of the molecule is CC1SC=CC1c1ccnc2c(C(=O)C(=O)N3CCN(C(=O)c4ccccc4)C[C@H]3C)c[nH]c12. The van der Waals surface area contributed by atoms with Crippen molar-refractivity contribution in [3.8, 4) is 0 Å². The summed E-state index contributed by atoms with van der Waals surface area (Å²) in [6.07, 6.45) is 5.46. The van der Waals surface area contributed by atoms with Crippen LogP contribution in [0.5, 0.6) is 0 Å². The van der Waals surface area contributed by atoms with Gasteiger partial charge in [-0.3, -0.25) is 19.4 Å². The molecule has 0 saturated carbocycles. The molecule has 1 aromatic carbocycles. The lowest BCUT2D eigenvalue weighted by Crippen LogP contribution is -2.56. The minimum absolute atomic E-state index is 0.0624. The molecule has 0 aliphatic carbocycles. The molecule has 3 aromatic rings. The van der Waals surface area contributed by atoms with Crippen molar-refractivity contribution in [1.29, 1.82) is 0 Å². The summed E-state index contributed by atoms with van der Waals surface area (Å²) < 4.78 is 0. The number of Topliss-reactive ketones (excluding diaryl/α,β-unsaturated/α-hetero) is 1. The lowest BCUT2D eigenvalue weighted by Gasteiger charge is -2.39. The molecule has 0 bridgehead atoms. The average Bonchev–Trinajstić information content (AvgIpc) is 3.49. The standard InChI is InChI=1S/C26H26N4O3S/c1-16-15-29(25(32)18-6-4-3-5-7-18)11-12-30(16)26(33)24(31)21-14-28-22-20(8-10-27-23(21)22)19-9-13-34-17(19)2/h3-10,13-14,16-17,19,28H,11-12,15H2,1-2H3/t16-,17?,19?/m1/s1. The quantitative estimate of drug-likeness (QED) is 0.459. The van der Waals surface area contributed by atoms with E-state index in [1.54, 1.807) is 46.1 Å². The molecule has 5 rings (SSSR count). The number of aromatic amines is 1. The van der Waals surface area contributed by atoms with Gasteiger partial charge in [-0.2, -0.15) is 0 Å². The Morgan fingerprint density at radius 1 is 1.09 bits per heavy atom. The van der Waals surface area contributed by atoms with Gasteiger partial charge >= 0.3 is 0 Å². The first-order chi connectivity index (χ1) is 16.5. The maximum Gasteiger partial charge on any atom is 0.295 e. The van der Waals surface area contributed by atoms with Crippen molar-refractivity contribution < 1.29 is 14.4 Å². The van der Waals surface area contributed by atoms with Crippen molar-refractivity contribution in [1.82, 2.24) is 19.8 Å². The van der Waals surface area contributed by atoms with Crippen LogP contribution in [0.2, 0.25) is 0 Å². The molecule has 1 saturated heterocycles. The second-order valence-electron chi connectivity index (χ2n) is 8.82. The van der Waals surface area contributed by atoms with Crippen LogP contribution >= 0.6 is 11.8 Å². The number of aromatic nitrogens is 2. The second kappa shape index (κ2) is 9.10. The number of rotatable bonds is 4. The third-order valence-corrected chi connectivity index (χ3v) is 7.72. The number of piperazine rings is 1. The van der Waals surface area contributed by atoms with Crippen LogP contribution in [-0.2, 0) is 4.79 Å². The molecule has 1 fully saturated rings. The van der Waals surface area contributed by atoms with Crippen molar-refractivity contribution in [2.24, 2.45) is 0 Å². The molecule has 1 N–H and O–H groups in total. The van der Waals surface area contributed by atoms with Gasteiger partial charge in [-0.1, -0.05) is 31.2 Å². The van der Waals surface area contributed by atoms with Gasteiger partial charge in [0.2, 0.25) is 0 Å². The molecular weight excluding hydrogens is 448 g/mol. The number of fused-ring (bicyclic) bond motifs is 1. The number of ketones is 1. The van der Waals surface area contributed by atoms with Gasteiger partial charge in [0, 0.05) is 54.8 Å². The molecular formula is C26H26N4O3S. The van der Waals surface area contributed by atoms with Gasteiger partial charge in [0.25, 0.3) is 17.6 Å². The highest BCUT2D eigenvalue weighted by Crippen LogP contribution is 2.39. The number of hydrogen-bond donors (Lipinski definition) is 1. The van der Waals surface area contributed by atoms with Crippen molar-refractivity contribution in [3.63, 3.8) is 0 Å². The normalized spacial score (nSPS) is 22.4. The first-order valence-corrected chi connectivity index (χ1v) is 12.4. The van der Waals surface area contributed by atoms with Crippen LogP contribution in [0.4, 0.5) is 0 Å². The molecule has 2 aromatic heterocycles. The van der Waals surface area contributed by atoms with Gasteiger partial charge in [0.1, 0.15) is 0 Å². The molecule has 2 aliphatic heterocycles. The fourth-order valence-electron chi connectivity index (χ4n) is 4.80. The smallest absolute Gasteiger partial charge is 0.295 e. The number of carbonyl (C=O) groups excluding carboxylic acids is 3. The summed E-state index contributed by atoms with van der Waals surface area (Å²) in [5.74, 6) is -0.970. The van der Waals surface area contributed by atoms with Crippen molar-refractivity contribution in [2.75, 3.05) is 19.6 Å². The molecule has 2 amide bonds. The van der Waals surface area contributed by atoms with Gasteiger partial charge < -0.3 is 14.8 Å². The van der Waals surface area contributed by atoms with E-state index in [1.807, 2.05) is 31.2 Å². The maximum absolute atomic E-state index is 13.2. The van der Waals surface area contributed by atoms with E-state index in [0.717, 1.165) is 11.1 Å².